The van der Waals surface area contributed by atoms with Crippen LogP contribution in [0.25, 0.3) is 0 Å². The molecule has 0 heterocycles. The van der Waals surface area contributed by atoms with Gasteiger partial charge >= 0.3 is 0 Å². The van der Waals surface area contributed by atoms with E-state index in [0.29, 0.717) is 12.0 Å². The maximum absolute atomic E-state index is 12.9. The van der Waals surface area contributed by atoms with Crippen LogP contribution in [0.3, 0.4) is 0 Å². The van der Waals surface area contributed by atoms with Crippen LogP contribution in [0.1, 0.15) is 17.5 Å². The molecule has 2 nitrogen and oxygen atoms in total. The van der Waals surface area contributed by atoms with E-state index in [2.05, 4.69) is 0 Å². The third-order valence-corrected chi connectivity index (χ3v) is 2.72. The summed E-state index contributed by atoms with van der Waals surface area (Å²) >= 11 is 0. The summed E-state index contributed by atoms with van der Waals surface area (Å²) in [4.78, 5) is 0. The summed E-state index contributed by atoms with van der Waals surface area (Å²) in [5.41, 5.74) is 6.13. The second kappa shape index (κ2) is 2.79. The predicted octanol–water partition coefficient (Wildman–Crippen LogP) is 0.918. The molecule has 1 unspecified atom stereocenters. The van der Waals surface area contributed by atoms with Gasteiger partial charge in [0.05, 0.1) is 0 Å². The van der Waals surface area contributed by atoms with Crippen LogP contribution < -0.4 is 5.73 Å². The Hall–Kier alpha value is -0.930. The van der Waals surface area contributed by atoms with Gasteiger partial charge in [0.15, 0.2) is 0 Å². The molecule has 1 atom stereocenters. The van der Waals surface area contributed by atoms with Crippen molar-refractivity contribution >= 4 is 0 Å². The molecule has 0 aliphatic heterocycles. The van der Waals surface area contributed by atoms with Crippen LogP contribution in [0, 0.1) is 5.82 Å². The summed E-state index contributed by atoms with van der Waals surface area (Å²) in [7, 11) is 0. The largest absolute Gasteiger partial charge is 0.384 e. The molecule has 3 N–H and O–H groups in total. The molecule has 1 aromatic carbocycles. The van der Waals surface area contributed by atoms with Crippen LogP contribution in [0.4, 0.5) is 4.39 Å². The molecule has 0 amide bonds. The van der Waals surface area contributed by atoms with Crippen molar-refractivity contribution < 1.29 is 9.50 Å². The van der Waals surface area contributed by atoms with E-state index in [1.165, 1.54) is 12.1 Å². The van der Waals surface area contributed by atoms with Crippen LogP contribution in [-0.2, 0) is 12.0 Å². The molecule has 0 spiro atoms. The Labute approximate surface area is 76.2 Å². The molecule has 13 heavy (non-hydrogen) atoms. The maximum Gasteiger partial charge on any atom is 0.123 e. The maximum atomic E-state index is 12.9. The van der Waals surface area contributed by atoms with Crippen molar-refractivity contribution in [3.63, 3.8) is 0 Å². The number of aliphatic hydroxyl groups is 1. The van der Waals surface area contributed by atoms with Crippen molar-refractivity contribution in [2.45, 2.75) is 18.4 Å². The van der Waals surface area contributed by atoms with E-state index in [1.54, 1.807) is 6.07 Å². The van der Waals surface area contributed by atoms with Gasteiger partial charge in [-0.25, -0.2) is 4.39 Å². The minimum absolute atomic E-state index is 0.156. The van der Waals surface area contributed by atoms with Crippen LogP contribution >= 0.6 is 0 Å². The van der Waals surface area contributed by atoms with Crippen LogP contribution in [-0.4, -0.2) is 11.7 Å². The molecule has 3 heteroatoms. The fraction of sp³-hybridized carbons (Fsp3) is 0.400. The zero-order chi connectivity index (χ0) is 9.47. The first-order valence-corrected chi connectivity index (χ1v) is 4.37. The van der Waals surface area contributed by atoms with Gasteiger partial charge in [-0.15, -0.1) is 0 Å². The third-order valence-electron chi connectivity index (χ3n) is 2.72. The highest BCUT2D eigenvalue weighted by molar-refractivity contribution is 5.37. The molecule has 0 bridgehead atoms. The SMILES string of the molecule is NCC1(O)CCc2ccc(F)cc21. The molecular formula is C10H12FNO. The average molecular weight is 181 g/mol. The standard InChI is InChI=1S/C10H12FNO/c11-8-2-1-7-3-4-10(13,6-12)9(7)5-8/h1-2,5,13H,3-4,6,12H2. The fourth-order valence-corrected chi connectivity index (χ4v) is 1.89. The van der Waals surface area contributed by atoms with Gasteiger partial charge in [-0.3, -0.25) is 0 Å². The van der Waals surface area contributed by atoms with Gasteiger partial charge in [-0.05, 0) is 36.1 Å². The van der Waals surface area contributed by atoms with Gasteiger partial charge in [0, 0.05) is 6.54 Å². The molecule has 0 fully saturated rings. The van der Waals surface area contributed by atoms with E-state index in [4.69, 9.17) is 5.73 Å². The summed E-state index contributed by atoms with van der Waals surface area (Å²) in [6.07, 6.45) is 1.38. The number of fused-ring (bicyclic) bond motifs is 1. The normalized spacial score (nSPS) is 26.1. The van der Waals surface area contributed by atoms with Crippen molar-refractivity contribution in [3.8, 4) is 0 Å². The molecule has 1 aliphatic carbocycles. The number of hydrogen-bond acceptors (Lipinski definition) is 2. The van der Waals surface area contributed by atoms with Gasteiger partial charge < -0.3 is 10.8 Å². The summed E-state index contributed by atoms with van der Waals surface area (Å²) < 4.78 is 12.9. The Morgan fingerprint density at radius 2 is 2.31 bits per heavy atom. The monoisotopic (exact) mass is 181 g/mol. The Kier molecular flexibility index (Phi) is 1.86. The van der Waals surface area contributed by atoms with Crippen molar-refractivity contribution in [2.75, 3.05) is 6.54 Å². The number of aryl methyl sites for hydroxylation is 1. The van der Waals surface area contributed by atoms with Crippen molar-refractivity contribution in [2.24, 2.45) is 5.73 Å². The summed E-state index contributed by atoms with van der Waals surface area (Å²) in [6, 6.07) is 4.52. The van der Waals surface area contributed by atoms with E-state index in [1.807, 2.05) is 0 Å². The van der Waals surface area contributed by atoms with Crippen LogP contribution in [0.5, 0.6) is 0 Å². The zero-order valence-corrected chi connectivity index (χ0v) is 7.26. The molecular weight excluding hydrogens is 169 g/mol. The third kappa shape index (κ3) is 1.24. The highest BCUT2D eigenvalue weighted by Gasteiger charge is 2.35. The zero-order valence-electron chi connectivity index (χ0n) is 7.26. The second-order valence-corrected chi connectivity index (χ2v) is 3.54. The first-order chi connectivity index (χ1) is 6.15. The molecule has 0 saturated carbocycles. The number of rotatable bonds is 1. The Morgan fingerprint density at radius 1 is 1.54 bits per heavy atom. The molecule has 1 aliphatic rings. The molecule has 2 rings (SSSR count). The van der Waals surface area contributed by atoms with E-state index < -0.39 is 5.60 Å². The van der Waals surface area contributed by atoms with E-state index in [0.717, 1.165) is 12.0 Å². The van der Waals surface area contributed by atoms with Crippen molar-refractivity contribution in [3.05, 3.63) is 35.1 Å². The smallest absolute Gasteiger partial charge is 0.123 e. The lowest BCUT2D eigenvalue weighted by molar-refractivity contribution is 0.0478. The topological polar surface area (TPSA) is 46.2 Å². The summed E-state index contributed by atoms with van der Waals surface area (Å²) in [6.45, 7) is 0.156. The lowest BCUT2D eigenvalue weighted by Gasteiger charge is -2.21. The lowest BCUT2D eigenvalue weighted by atomic mass is 9.96. The van der Waals surface area contributed by atoms with Crippen molar-refractivity contribution in [1.82, 2.24) is 0 Å². The first kappa shape index (κ1) is 8.66. The van der Waals surface area contributed by atoms with Gasteiger partial charge in [0.25, 0.3) is 0 Å². The molecule has 0 aromatic heterocycles. The number of hydrogen-bond donors (Lipinski definition) is 2. The highest BCUT2D eigenvalue weighted by Crippen LogP contribution is 2.36. The van der Waals surface area contributed by atoms with E-state index in [9.17, 15) is 9.50 Å². The Morgan fingerprint density at radius 3 is 3.00 bits per heavy atom. The number of benzene rings is 1. The minimum atomic E-state index is -1.00. The second-order valence-electron chi connectivity index (χ2n) is 3.54. The molecule has 0 radical (unpaired) electrons. The van der Waals surface area contributed by atoms with Crippen molar-refractivity contribution in [1.29, 1.82) is 0 Å². The van der Waals surface area contributed by atoms with Crippen LogP contribution in [0.15, 0.2) is 18.2 Å². The molecule has 0 saturated heterocycles. The molecule has 1 aromatic rings. The average Bonchev–Trinajstić information content (AvgIpc) is 2.45. The Balaban J connectivity index is 2.52. The highest BCUT2D eigenvalue weighted by atomic mass is 19.1. The first-order valence-electron chi connectivity index (χ1n) is 4.37. The summed E-state index contributed by atoms with van der Waals surface area (Å²) in [5, 5.41) is 9.98. The van der Waals surface area contributed by atoms with Gasteiger partial charge in [-0.2, -0.15) is 0 Å². The van der Waals surface area contributed by atoms with Gasteiger partial charge in [0.2, 0.25) is 0 Å². The van der Waals surface area contributed by atoms with Gasteiger partial charge in [0.1, 0.15) is 11.4 Å². The van der Waals surface area contributed by atoms with E-state index >= 15 is 0 Å². The number of nitrogens with two attached hydrogens (primary N) is 1. The summed E-state index contributed by atoms with van der Waals surface area (Å²) in [5.74, 6) is -0.312. The predicted molar refractivity (Wildman–Crippen MR) is 47.7 cm³/mol. The number of halogens is 1. The molecule has 70 valence electrons. The Bertz CT molecular complexity index is 340. The van der Waals surface area contributed by atoms with Gasteiger partial charge in [-0.1, -0.05) is 6.07 Å². The van der Waals surface area contributed by atoms with E-state index in [-0.39, 0.29) is 12.4 Å². The fourth-order valence-electron chi connectivity index (χ4n) is 1.89. The minimum Gasteiger partial charge on any atom is -0.384 e. The lowest BCUT2D eigenvalue weighted by Crippen LogP contribution is -2.32. The van der Waals surface area contributed by atoms with Crippen LogP contribution in [0.2, 0.25) is 0 Å². The quantitative estimate of drug-likeness (QED) is 0.676.